The van der Waals surface area contributed by atoms with E-state index in [1.54, 1.807) is 12.4 Å². The van der Waals surface area contributed by atoms with Gasteiger partial charge in [0.25, 0.3) is 0 Å². The molecule has 6 fully saturated rings. The topological polar surface area (TPSA) is 144 Å². The Morgan fingerprint density at radius 2 is 1.00 bits per heavy atom. The van der Waals surface area contributed by atoms with Crippen LogP contribution in [-0.2, 0) is 36.2 Å². The Morgan fingerprint density at radius 1 is 0.596 bits per heavy atom. The van der Waals surface area contributed by atoms with E-state index in [1.807, 2.05) is 0 Å². The van der Waals surface area contributed by atoms with Crippen LogP contribution in [0, 0.1) is 0 Å². The number of alkyl halides is 1. The Balaban J connectivity index is 0.000000133. The van der Waals surface area contributed by atoms with Crippen LogP contribution in [0.2, 0.25) is 20.1 Å². The predicted octanol–water partition coefficient (Wildman–Crippen LogP) is 10.4. The molecule has 0 atom stereocenters. The molecular formula is C40H45Cl5N4O8. The molecule has 2 saturated heterocycles. The number of aliphatic hydroxyl groups is 1. The van der Waals surface area contributed by atoms with Crippen LogP contribution in [0.25, 0.3) is 22.5 Å². The maximum absolute atomic E-state index is 9.24. The summed E-state index contributed by atoms with van der Waals surface area (Å²) in [6, 6.07) is 0. The van der Waals surface area contributed by atoms with E-state index in [0.717, 1.165) is 113 Å². The molecule has 17 heteroatoms. The molecule has 2 spiro atoms. The molecule has 6 heterocycles. The van der Waals surface area contributed by atoms with E-state index in [0.29, 0.717) is 80.1 Å². The van der Waals surface area contributed by atoms with Crippen LogP contribution in [0.3, 0.4) is 0 Å². The zero-order chi connectivity index (χ0) is 39.6. The van der Waals surface area contributed by atoms with Crippen LogP contribution in [0.15, 0.2) is 33.8 Å². The number of rotatable bonds is 8. The van der Waals surface area contributed by atoms with E-state index in [2.05, 4.69) is 20.3 Å². The molecule has 0 aromatic carbocycles. The number of aromatic nitrogens is 4. The zero-order valence-electron chi connectivity index (χ0n) is 31.3. The van der Waals surface area contributed by atoms with Crippen molar-refractivity contribution < 1.29 is 37.8 Å². The van der Waals surface area contributed by atoms with E-state index < -0.39 is 0 Å². The molecule has 0 amide bonds. The molecule has 2 aliphatic heterocycles. The first-order valence-corrected chi connectivity index (χ1v) is 21.7. The molecule has 57 heavy (non-hydrogen) atoms. The Morgan fingerprint density at radius 3 is 1.42 bits per heavy atom. The van der Waals surface area contributed by atoms with E-state index in [1.165, 1.54) is 12.4 Å². The second-order valence-corrected chi connectivity index (χ2v) is 17.2. The minimum atomic E-state index is -0.376. The van der Waals surface area contributed by atoms with Crippen LogP contribution in [0.5, 0.6) is 0 Å². The third kappa shape index (κ3) is 9.62. The van der Waals surface area contributed by atoms with Crippen molar-refractivity contribution in [3.05, 3.63) is 67.5 Å². The molecule has 308 valence electrons. The van der Waals surface area contributed by atoms with Crippen molar-refractivity contribution in [2.24, 2.45) is 0 Å². The monoisotopic (exact) mass is 884 g/mol. The number of ether oxygens (including phenoxy) is 5. The summed E-state index contributed by atoms with van der Waals surface area (Å²) in [5.41, 5.74) is 4.42. The zero-order valence-corrected chi connectivity index (χ0v) is 35.1. The molecule has 10 rings (SSSR count). The maximum atomic E-state index is 9.24. The van der Waals surface area contributed by atoms with Crippen molar-refractivity contribution in [3.63, 3.8) is 0 Å². The normalized spacial score (nSPS) is 22.7. The third-order valence-electron chi connectivity index (χ3n) is 11.3. The Bertz CT molecular complexity index is 1930. The van der Waals surface area contributed by atoms with Gasteiger partial charge in [0.05, 0.1) is 71.2 Å². The van der Waals surface area contributed by atoms with Crippen molar-refractivity contribution in [2.75, 3.05) is 26.4 Å². The lowest BCUT2D eigenvalue weighted by Crippen LogP contribution is -2.37. The van der Waals surface area contributed by atoms with Gasteiger partial charge in [-0.15, -0.1) is 11.6 Å². The fraction of sp³-hybridized carbons (Fsp3) is 0.600. The van der Waals surface area contributed by atoms with Gasteiger partial charge >= 0.3 is 0 Å². The summed E-state index contributed by atoms with van der Waals surface area (Å²) in [5, 5.41) is 19.4. The average Bonchev–Trinajstić information content (AvgIpc) is 4.04. The largest absolute Gasteiger partial charge is 0.393 e. The summed E-state index contributed by atoms with van der Waals surface area (Å²) in [5.74, 6) is 2.27. The van der Waals surface area contributed by atoms with Gasteiger partial charge in [0.2, 0.25) is 0 Å². The first kappa shape index (κ1) is 41.7. The molecule has 0 bridgehead atoms. The second-order valence-electron chi connectivity index (χ2n) is 15.3. The van der Waals surface area contributed by atoms with Crippen LogP contribution in [-0.4, -0.2) is 75.6 Å². The smallest absolute Gasteiger partial charge is 0.168 e. The third-order valence-corrected chi connectivity index (χ3v) is 12.8. The number of hydrogen-bond donors (Lipinski definition) is 1. The van der Waals surface area contributed by atoms with Crippen molar-refractivity contribution in [1.82, 2.24) is 20.3 Å². The van der Waals surface area contributed by atoms with Gasteiger partial charge in [0, 0.05) is 84.6 Å². The summed E-state index contributed by atoms with van der Waals surface area (Å²) < 4.78 is 40.0. The number of aliphatic hydroxyl groups excluding tert-OH is 1. The molecule has 4 aliphatic carbocycles. The molecule has 4 saturated carbocycles. The summed E-state index contributed by atoms with van der Waals surface area (Å²) in [6.07, 6.45) is 17.6. The van der Waals surface area contributed by atoms with Crippen molar-refractivity contribution >= 4 is 58.0 Å². The highest BCUT2D eigenvalue weighted by Gasteiger charge is 2.42. The summed E-state index contributed by atoms with van der Waals surface area (Å²) in [6.45, 7) is 3.24. The molecule has 0 unspecified atom stereocenters. The van der Waals surface area contributed by atoms with Crippen LogP contribution >= 0.6 is 58.0 Å². The number of halogens is 5. The van der Waals surface area contributed by atoms with E-state index in [-0.39, 0.29) is 23.8 Å². The summed E-state index contributed by atoms with van der Waals surface area (Å²) in [4.78, 5) is 7.96. The lowest BCUT2D eigenvalue weighted by Gasteiger charge is -2.35. The summed E-state index contributed by atoms with van der Waals surface area (Å²) in [7, 11) is 0. The molecule has 4 aromatic heterocycles. The standard InChI is InChI=1S/C20H22Cl2N2O4.C12H9Cl3N2O.C8H14O3/c21-15-9-23-10-16(22)17(15)18-14(19(28-24-18)12-1-2-12)11-25-13-3-5-20(6-4-13)26-7-8-27-20;13-3-7-11(17-18-12(7)6-1-2-6)10-8(14)4-16-5-9(10)15;9-7-1-3-8(4-2-7)10-5-6-11-8/h9-10,12-13H,1-8,11H2;4-6H,1-3H2;7,9H,1-6H2. The van der Waals surface area contributed by atoms with Crippen LogP contribution in [0.1, 0.15) is 112 Å². The number of pyridine rings is 2. The minimum Gasteiger partial charge on any atom is -0.393 e. The summed E-state index contributed by atoms with van der Waals surface area (Å²) >= 11 is 31.0. The quantitative estimate of drug-likeness (QED) is 0.168. The Kier molecular flexibility index (Phi) is 13.4. The first-order chi connectivity index (χ1) is 27.7. The Hall–Kier alpha value is -2.07. The van der Waals surface area contributed by atoms with Gasteiger partial charge in [0.15, 0.2) is 11.6 Å². The maximum Gasteiger partial charge on any atom is 0.168 e. The highest BCUT2D eigenvalue weighted by Crippen LogP contribution is 2.48. The lowest BCUT2D eigenvalue weighted by molar-refractivity contribution is -0.192. The van der Waals surface area contributed by atoms with Gasteiger partial charge in [0.1, 0.15) is 22.9 Å². The highest BCUT2D eigenvalue weighted by atomic mass is 35.5. The molecule has 12 nitrogen and oxygen atoms in total. The van der Waals surface area contributed by atoms with Gasteiger partial charge in [-0.1, -0.05) is 56.7 Å². The van der Waals surface area contributed by atoms with Crippen molar-refractivity contribution in [2.45, 2.75) is 125 Å². The fourth-order valence-electron chi connectivity index (χ4n) is 7.93. The van der Waals surface area contributed by atoms with Gasteiger partial charge in [-0.05, 0) is 51.4 Å². The van der Waals surface area contributed by atoms with Gasteiger partial charge in [-0.2, -0.15) is 0 Å². The molecule has 0 radical (unpaired) electrons. The van der Waals surface area contributed by atoms with Gasteiger partial charge in [-0.25, -0.2) is 0 Å². The molecule has 4 aromatic rings. The highest BCUT2D eigenvalue weighted by molar-refractivity contribution is 6.39. The fourth-order valence-corrected chi connectivity index (χ4v) is 9.27. The SMILES string of the molecule is ClCc1c(-c2c(Cl)cncc2Cl)noc1C1CC1.Clc1cncc(Cl)c1-c1noc(C2CC2)c1COC1CCC2(CC1)OCCO2.OC1CCC2(CC1)OCCO2. The number of nitrogens with zero attached hydrogens (tertiary/aromatic N) is 4. The van der Waals surface area contributed by atoms with E-state index in [4.69, 9.17) is 90.7 Å². The second kappa shape index (κ2) is 18.3. The van der Waals surface area contributed by atoms with E-state index >= 15 is 0 Å². The molecular weight excluding hydrogens is 842 g/mol. The Labute approximate surface area is 356 Å². The van der Waals surface area contributed by atoms with E-state index in [9.17, 15) is 5.11 Å². The van der Waals surface area contributed by atoms with Gasteiger partial charge in [-0.3, -0.25) is 9.97 Å². The molecule has 1 N–H and O–H groups in total. The van der Waals surface area contributed by atoms with Gasteiger partial charge < -0.3 is 37.8 Å². The first-order valence-electron chi connectivity index (χ1n) is 19.6. The average molecular weight is 887 g/mol. The number of hydrogen-bond acceptors (Lipinski definition) is 12. The van der Waals surface area contributed by atoms with Crippen LogP contribution in [0.4, 0.5) is 0 Å². The van der Waals surface area contributed by atoms with Crippen molar-refractivity contribution in [3.8, 4) is 22.5 Å². The molecule has 6 aliphatic rings. The minimum absolute atomic E-state index is 0.131. The van der Waals surface area contributed by atoms with Crippen LogP contribution < -0.4 is 0 Å². The predicted molar refractivity (Wildman–Crippen MR) is 214 cm³/mol. The lowest BCUT2D eigenvalue weighted by atomic mass is 9.91. The van der Waals surface area contributed by atoms with Crippen molar-refractivity contribution in [1.29, 1.82) is 0 Å².